The Hall–Kier alpha value is -1.59. The van der Waals surface area contributed by atoms with E-state index >= 15 is 0 Å². The van der Waals surface area contributed by atoms with E-state index in [4.69, 9.17) is 9.47 Å². The maximum atomic E-state index is 12.7. The molecule has 3 heterocycles. The Labute approximate surface area is 156 Å². The number of methoxy groups -OCH3 is 1. The molecule has 5 heteroatoms. The van der Waals surface area contributed by atoms with Gasteiger partial charge < -0.3 is 14.4 Å². The molecular formula is C21H30N2O3. The fourth-order valence-electron chi connectivity index (χ4n) is 4.91. The third kappa shape index (κ3) is 3.74. The van der Waals surface area contributed by atoms with Crippen LogP contribution in [0.15, 0.2) is 24.3 Å². The third-order valence-electron chi connectivity index (χ3n) is 6.24. The molecule has 3 fully saturated rings. The van der Waals surface area contributed by atoms with Crippen LogP contribution in [0.2, 0.25) is 0 Å². The number of ether oxygens (including phenoxy) is 2. The van der Waals surface area contributed by atoms with E-state index in [-0.39, 0.29) is 17.4 Å². The molecule has 1 aromatic rings. The number of likely N-dealkylation sites (tertiary alicyclic amines) is 2. The quantitative estimate of drug-likeness (QED) is 0.830. The fraction of sp³-hybridized carbons (Fsp3) is 0.667. The summed E-state index contributed by atoms with van der Waals surface area (Å²) in [5, 5.41) is 0. The van der Waals surface area contributed by atoms with Gasteiger partial charge in [-0.25, -0.2) is 0 Å². The van der Waals surface area contributed by atoms with Gasteiger partial charge in [0.2, 0.25) is 0 Å². The SMILES string of the molecule is COc1cccc(CN2CCCC3(CCN(C(=O)[C@@H]4CCCO4)C3)C2)c1. The zero-order valence-electron chi connectivity index (χ0n) is 15.8. The Morgan fingerprint density at radius 3 is 3.00 bits per heavy atom. The number of nitrogens with zero attached hydrogens (tertiary/aromatic N) is 2. The molecule has 3 saturated heterocycles. The highest BCUT2D eigenvalue weighted by Gasteiger charge is 2.44. The van der Waals surface area contributed by atoms with Crippen molar-refractivity contribution in [2.45, 2.75) is 44.8 Å². The number of piperidine rings is 1. The molecule has 1 aromatic carbocycles. The van der Waals surface area contributed by atoms with Gasteiger partial charge in [0.25, 0.3) is 5.91 Å². The van der Waals surface area contributed by atoms with Crippen molar-refractivity contribution in [1.82, 2.24) is 9.80 Å². The Morgan fingerprint density at radius 2 is 2.19 bits per heavy atom. The number of rotatable bonds is 4. The number of benzene rings is 1. The Balaban J connectivity index is 1.37. The van der Waals surface area contributed by atoms with Crippen LogP contribution in [-0.2, 0) is 16.1 Å². The predicted octanol–water partition coefficient (Wildman–Crippen LogP) is 2.69. The number of hydrogen-bond donors (Lipinski definition) is 0. The van der Waals surface area contributed by atoms with E-state index in [1.807, 2.05) is 6.07 Å². The third-order valence-corrected chi connectivity index (χ3v) is 6.24. The maximum absolute atomic E-state index is 12.7. The maximum Gasteiger partial charge on any atom is 0.251 e. The molecule has 5 nitrogen and oxygen atoms in total. The van der Waals surface area contributed by atoms with Crippen LogP contribution in [0.4, 0.5) is 0 Å². The highest BCUT2D eigenvalue weighted by Crippen LogP contribution is 2.40. The Bertz CT molecular complexity index is 644. The first-order valence-corrected chi connectivity index (χ1v) is 9.93. The predicted molar refractivity (Wildman–Crippen MR) is 100 cm³/mol. The van der Waals surface area contributed by atoms with Crippen molar-refractivity contribution in [3.63, 3.8) is 0 Å². The second kappa shape index (κ2) is 7.57. The number of amides is 1. The topological polar surface area (TPSA) is 42.0 Å². The van der Waals surface area contributed by atoms with E-state index in [2.05, 4.69) is 28.0 Å². The summed E-state index contributed by atoms with van der Waals surface area (Å²) in [5.41, 5.74) is 1.57. The van der Waals surface area contributed by atoms with Gasteiger partial charge in [0.05, 0.1) is 7.11 Å². The van der Waals surface area contributed by atoms with Crippen LogP contribution >= 0.6 is 0 Å². The van der Waals surface area contributed by atoms with Crippen LogP contribution in [0, 0.1) is 5.41 Å². The van der Waals surface area contributed by atoms with Gasteiger partial charge in [-0.15, -0.1) is 0 Å². The molecule has 0 radical (unpaired) electrons. The largest absolute Gasteiger partial charge is 0.497 e. The van der Waals surface area contributed by atoms with Gasteiger partial charge in [0.15, 0.2) is 0 Å². The minimum absolute atomic E-state index is 0.179. The van der Waals surface area contributed by atoms with Crippen molar-refractivity contribution in [3.8, 4) is 5.75 Å². The Morgan fingerprint density at radius 1 is 1.27 bits per heavy atom. The van der Waals surface area contributed by atoms with Gasteiger partial charge in [0.1, 0.15) is 11.9 Å². The average Bonchev–Trinajstić information content (AvgIpc) is 3.32. The average molecular weight is 358 g/mol. The lowest BCUT2D eigenvalue weighted by atomic mass is 9.79. The summed E-state index contributed by atoms with van der Waals surface area (Å²) in [4.78, 5) is 17.3. The lowest BCUT2D eigenvalue weighted by Crippen LogP contribution is -2.46. The molecule has 1 spiro atoms. The molecule has 0 N–H and O–H groups in total. The minimum Gasteiger partial charge on any atom is -0.497 e. The molecule has 142 valence electrons. The molecule has 0 aliphatic carbocycles. The minimum atomic E-state index is -0.179. The van der Waals surface area contributed by atoms with Gasteiger partial charge >= 0.3 is 0 Å². The van der Waals surface area contributed by atoms with Gasteiger partial charge in [-0.1, -0.05) is 12.1 Å². The summed E-state index contributed by atoms with van der Waals surface area (Å²) in [6.07, 6.45) is 5.30. The molecule has 0 aromatic heterocycles. The van der Waals surface area contributed by atoms with Gasteiger partial charge in [0, 0.05) is 38.2 Å². The Kier molecular flexibility index (Phi) is 5.18. The van der Waals surface area contributed by atoms with Crippen molar-refractivity contribution >= 4 is 5.91 Å². The molecule has 1 unspecified atom stereocenters. The monoisotopic (exact) mass is 358 g/mol. The molecule has 1 amide bonds. The highest BCUT2D eigenvalue weighted by molar-refractivity contribution is 5.81. The molecular weight excluding hydrogens is 328 g/mol. The van der Waals surface area contributed by atoms with Crippen LogP contribution in [0.3, 0.4) is 0 Å². The number of hydrogen-bond acceptors (Lipinski definition) is 4. The van der Waals surface area contributed by atoms with Crippen molar-refractivity contribution in [3.05, 3.63) is 29.8 Å². The first-order valence-electron chi connectivity index (χ1n) is 9.93. The summed E-state index contributed by atoms with van der Waals surface area (Å²) in [7, 11) is 1.72. The van der Waals surface area contributed by atoms with Crippen LogP contribution in [0.5, 0.6) is 5.75 Å². The van der Waals surface area contributed by atoms with E-state index in [1.54, 1.807) is 7.11 Å². The lowest BCUT2D eigenvalue weighted by Gasteiger charge is -2.40. The van der Waals surface area contributed by atoms with E-state index in [9.17, 15) is 4.79 Å². The number of carbonyl (C=O) groups excluding carboxylic acids is 1. The van der Waals surface area contributed by atoms with Crippen molar-refractivity contribution in [2.75, 3.05) is 39.9 Å². The molecule has 3 aliphatic heterocycles. The summed E-state index contributed by atoms with van der Waals surface area (Å²) in [6.45, 7) is 5.71. The first kappa shape index (κ1) is 17.8. The standard InChI is InChI=1S/C21H30N2O3/c1-25-18-6-2-5-17(13-18)14-22-10-4-8-21(15-22)9-11-23(16-21)20(24)19-7-3-12-26-19/h2,5-6,13,19H,3-4,7-12,14-16H2,1H3/t19-,21?/m0/s1. The normalized spacial score (nSPS) is 29.4. The summed E-state index contributed by atoms with van der Waals surface area (Å²) < 4.78 is 11.0. The van der Waals surface area contributed by atoms with Crippen molar-refractivity contribution in [2.24, 2.45) is 5.41 Å². The van der Waals surface area contributed by atoms with Gasteiger partial charge in [-0.3, -0.25) is 9.69 Å². The number of carbonyl (C=O) groups is 1. The zero-order valence-corrected chi connectivity index (χ0v) is 15.8. The fourth-order valence-corrected chi connectivity index (χ4v) is 4.91. The molecule has 3 aliphatic rings. The van der Waals surface area contributed by atoms with Crippen LogP contribution in [-0.4, -0.2) is 61.7 Å². The summed E-state index contributed by atoms with van der Waals surface area (Å²) in [5.74, 6) is 1.15. The molecule has 4 rings (SSSR count). The van der Waals surface area contributed by atoms with Crippen molar-refractivity contribution in [1.29, 1.82) is 0 Å². The first-order chi connectivity index (χ1) is 12.7. The van der Waals surface area contributed by atoms with E-state index in [1.165, 1.54) is 18.4 Å². The van der Waals surface area contributed by atoms with Gasteiger partial charge in [-0.2, -0.15) is 0 Å². The van der Waals surface area contributed by atoms with Gasteiger partial charge in [-0.05, 0) is 56.3 Å². The van der Waals surface area contributed by atoms with Crippen LogP contribution in [0.25, 0.3) is 0 Å². The molecule has 0 bridgehead atoms. The highest BCUT2D eigenvalue weighted by atomic mass is 16.5. The van der Waals surface area contributed by atoms with E-state index in [0.717, 1.165) is 64.3 Å². The van der Waals surface area contributed by atoms with E-state index < -0.39 is 0 Å². The molecule has 2 atom stereocenters. The second-order valence-electron chi connectivity index (χ2n) is 8.18. The zero-order chi connectivity index (χ0) is 18.0. The van der Waals surface area contributed by atoms with E-state index in [0.29, 0.717) is 0 Å². The van der Waals surface area contributed by atoms with Crippen LogP contribution < -0.4 is 4.74 Å². The summed E-state index contributed by atoms with van der Waals surface area (Å²) >= 11 is 0. The second-order valence-corrected chi connectivity index (χ2v) is 8.18. The smallest absolute Gasteiger partial charge is 0.251 e. The molecule has 26 heavy (non-hydrogen) atoms. The summed E-state index contributed by atoms with van der Waals surface area (Å²) in [6, 6.07) is 8.35. The lowest BCUT2D eigenvalue weighted by molar-refractivity contribution is -0.140. The molecule has 0 saturated carbocycles. The van der Waals surface area contributed by atoms with Crippen LogP contribution in [0.1, 0.15) is 37.7 Å². The van der Waals surface area contributed by atoms with Crippen molar-refractivity contribution < 1.29 is 14.3 Å².